The zero-order valence-corrected chi connectivity index (χ0v) is 15.7. The molecule has 1 fully saturated rings. The van der Waals surface area contributed by atoms with Crippen LogP contribution in [-0.2, 0) is 4.79 Å². The predicted molar refractivity (Wildman–Crippen MR) is 102 cm³/mol. The molecule has 1 aliphatic rings. The number of hydrogen-bond acceptors (Lipinski definition) is 6. The number of rotatable bonds is 4. The summed E-state index contributed by atoms with van der Waals surface area (Å²) in [7, 11) is 0. The molecule has 1 saturated heterocycles. The Morgan fingerprint density at radius 3 is 2.35 bits per heavy atom. The van der Waals surface area contributed by atoms with Gasteiger partial charge in [-0.25, -0.2) is 0 Å². The van der Waals surface area contributed by atoms with Crippen molar-refractivity contribution in [3.63, 3.8) is 0 Å². The van der Waals surface area contributed by atoms with E-state index in [1.165, 1.54) is 17.0 Å². The van der Waals surface area contributed by atoms with Crippen LogP contribution in [-0.4, -0.2) is 52.7 Å². The molecule has 2 aromatic rings. The highest BCUT2D eigenvalue weighted by molar-refractivity contribution is 7.17. The smallest absolute Gasteiger partial charge is 0.324 e. The van der Waals surface area contributed by atoms with E-state index in [1.807, 2.05) is 25.1 Å². The van der Waals surface area contributed by atoms with E-state index in [0.29, 0.717) is 31.1 Å². The molecule has 7 nitrogen and oxygen atoms in total. The number of amides is 2. The fraction of sp³-hybridized carbons (Fsp3) is 0.294. The average molecular weight is 391 g/mol. The third kappa shape index (κ3) is 4.17. The van der Waals surface area contributed by atoms with E-state index < -0.39 is 4.92 Å². The lowest BCUT2D eigenvalue weighted by atomic mass is 10.2. The minimum atomic E-state index is -0.501. The first-order chi connectivity index (χ1) is 12.4. The topological polar surface area (TPSA) is 83.8 Å². The summed E-state index contributed by atoms with van der Waals surface area (Å²) in [5.41, 5.74) is 0. The Kier molecular flexibility index (Phi) is 5.48. The minimum Gasteiger partial charge on any atom is -0.336 e. The Morgan fingerprint density at radius 1 is 1.08 bits per heavy atom. The van der Waals surface area contributed by atoms with Crippen molar-refractivity contribution in [2.75, 3.05) is 26.2 Å². The van der Waals surface area contributed by atoms with Gasteiger partial charge in [0.15, 0.2) is 0 Å². The first kappa shape index (κ1) is 18.3. The number of carbonyl (C=O) groups is 2. The van der Waals surface area contributed by atoms with Crippen molar-refractivity contribution in [1.29, 1.82) is 0 Å². The van der Waals surface area contributed by atoms with Gasteiger partial charge in [0.05, 0.1) is 9.80 Å². The Balaban J connectivity index is 1.54. The van der Waals surface area contributed by atoms with Crippen LogP contribution in [0.15, 0.2) is 30.3 Å². The van der Waals surface area contributed by atoms with E-state index in [-0.39, 0.29) is 16.8 Å². The number of thiophene rings is 2. The number of hydrogen-bond donors (Lipinski definition) is 0. The van der Waals surface area contributed by atoms with Crippen LogP contribution in [0, 0.1) is 17.0 Å². The molecule has 3 heterocycles. The molecule has 0 bridgehead atoms. The van der Waals surface area contributed by atoms with E-state index in [1.54, 1.807) is 27.2 Å². The van der Waals surface area contributed by atoms with Crippen LogP contribution in [0.4, 0.5) is 5.00 Å². The molecule has 0 N–H and O–H groups in total. The molecule has 0 unspecified atom stereocenters. The van der Waals surface area contributed by atoms with Crippen LogP contribution in [0.5, 0.6) is 0 Å². The zero-order chi connectivity index (χ0) is 18.7. The molecule has 0 saturated carbocycles. The maximum absolute atomic E-state index is 12.4. The van der Waals surface area contributed by atoms with Gasteiger partial charge >= 0.3 is 5.00 Å². The fourth-order valence-electron chi connectivity index (χ4n) is 2.63. The Bertz CT molecular complexity index is 863. The number of carbonyl (C=O) groups excluding carboxylic acids is 2. The molecule has 0 aliphatic carbocycles. The van der Waals surface area contributed by atoms with E-state index in [2.05, 4.69) is 0 Å². The SMILES string of the molecule is Cc1ccc(/C=C/C(=O)N2CCN(C(=O)c3ccc([N+](=O)[O-])s3)CC2)s1. The minimum absolute atomic E-state index is 0.0453. The second-order valence-electron chi connectivity index (χ2n) is 5.79. The second kappa shape index (κ2) is 7.79. The number of piperazine rings is 1. The summed E-state index contributed by atoms with van der Waals surface area (Å²) in [4.78, 5) is 40.8. The van der Waals surface area contributed by atoms with Crippen LogP contribution in [0.25, 0.3) is 6.08 Å². The molecular weight excluding hydrogens is 374 g/mol. The highest BCUT2D eigenvalue weighted by Crippen LogP contribution is 2.25. The Morgan fingerprint density at radius 2 is 1.77 bits per heavy atom. The Hall–Kier alpha value is -2.52. The van der Waals surface area contributed by atoms with Crippen LogP contribution >= 0.6 is 22.7 Å². The number of nitro groups is 1. The normalized spacial score (nSPS) is 14.8. The van der Waals surface area contributed by atoms with Crippen molar-refractivity contribution in [3.8, 4) is 0 Å². The van der Waals surface area contributed by atoms with Gasteiger partial charge in [-0.05, 0) is 31.2 Å². The van der Waals surface area contributed by atoms with Crippen LogP contribution in [0.2, 0.25) is 0 Å². The standard InChI is InChI=1S/C17H17N3O4S2/c1-12-2-3-13(25-12)4-6-15(21)18-8-10-19(11-9-18)17(22)14-5-7-16(26-14)20(23)24/h2-7H,8-11H2,1H3/b6-4+. The van der Waals surface area contributed by atoms with Gasteiger partial charge in [0.25, 0.3) is 5.91 Å². The Labute approximate surface area is 158 Å². The largest absolute Gasteiger partial charge is 0.336 e. The first-order valence-corrected chi connectivity index (χ1v) is 9.64. The summed E-state index contributed by atoms with van der Waals surface area (Å²) in [6, 6.07) is 6.80. The maximum Gasteiger partial charge on any atom is 0.324 e. The van der Waals surface area contributed by atoms with Crippen molar-refractivity contribution in [1.82, 2.24) is 9.80 Å². The van der Waals surface area contributed by atoms with Crippen LogP contribution in [0.3, 0.4) is 0 Å². The monoisotopic (exact) mass is 391 g/mol. The van der Waals surface area contributed by atoms with Gasteiger partial charge in [0.2, 0.25) is 5.91 Å². The molecule has 0 aromatic carbocycles. The van der Waals surface area contributed by atoms with E-state index in [9.17, 15) is 19.7 Å². The highest BCUT2D eigenvalue weighted by Gasteiger charge is 2.26. The van der Waals surface area contributed by atoms with Gasteiger partial charge in [0, 0.05) is 48.1 Å². The number of aryl methyl sites for hydroxylation is 1. The van der Waals surface area contributed by atoms with Crippen molar-refractivity contribution < 1.29 is 14.5 Å². The quantitative estimate of drug-likeness (QED) is 0.456. The lowest BCUT2D eigenvalue weighted by molar-refractivity contribution is -0.380. The van der Waals surface area contributed by atoms with E-state index >= 15 is 0 Å². The molecule has 1 aliphatic heterocycles. The van der Waals surface area contributed by atoms with Gasteiger partial charge in [-0.3, -0.25) is 19.7 Å². The predicted octanol–water partition coefficient (Wildman–Crippen LogP) is 3.02. The van der Waals surface area contributed by atoms with Crippen LogP contribution < -0.4 is 0 Å². The molecule has 2 aromatic heterocycles. The van der Waals surface area contributed by atoms with Crippen molar-refractivity contribution in [2.45, 2.75) is 6.92 Å². The van der Waals surface area contributed by atoms with E-state index in [0.717, 1.165) is 16.2 Å². The molecule has 0 spiro atoms. The molecule has 0 radical (unpaired) electrons. The summed E-state index contributed by atoms with van der Waals surface area (Å²) in [5, 5.41) is 10.7. The molecule has 3 rings (SSSR count). The van der Waals surface area contributed by atoms with Gasteiger partial charge in [-0.1, -0.05) is 11.3 Å². The molecular formula is C17H17N3O4S2. The summed E-state index contributed by atoms with van der Waals surface area (Å²) < 4.78 is 0. The summed E-state index contributed by atoms with van der Waals surface area (Å²) >= 11 is 2.50. The van der Waals surface area contributed by atoms with Crippen molar-refractivity contribution in [3.05, 3.63) is 55.1 Å². The fourth-order valence-corrected chi connectivity index (χ4v) is 4.20. The van der Waals surface area contributed by atoms with Crippen molar-refractivity contribution >= 4 is 45.6 Å². The third-order valence-corrected chi connectivity index (χ3v) is 6.00. The lowest BCUT2D eigenvalue weighted by Crippen LogP contribution is -2.50. The average Bonchev–Trinajstić information content (AvgIpc) is 3.28. The third-order valence-electron chi connectivity index (χ3n) is 4.01. The molecule has 26 heavy (non-hydrogen) atoms. The zero-order valence-electron chi connectivity index (χ0n) is 14.1. The van der Waals surface area contributed by atoms with Gasteiger partial charge in [-0.2, -0.15) is 0 Å². The highest BCUT2D eigenvalue weighted by atomic mass is 32.1. The van der Waals surface area contributed by atoms with Gasteiger partial charge in [0.1, 0.15) is 0 Å². The second-order valence-corrected chi connectivity index (χ2v) is 8.18. The van der Waals surface area contributed by atoms with Crippen LogP contribution in [0.1, 0.15) is 19.4 Å². The summed E-state index contributed by atoms with van der Waals surface area (Å²) in [6.07, 6.45) is 3.37. The maximum atomic E-state index is 12.4. The molecule has 2 amide bonds. The van der Waals surface area contributed by atoms with Crippen molar-refractivity contribution in [2.24, 2.45) is 0 Å². The molecule has 136 valence electrons. The van der Waals surface area contributed by atoms with Gasteiger partial charge in [-0.15, -0.1) is 11.3 Å². The van der Waals surface area contributed by atoms with Gasteiger partial charge < -0.3 is 9.80 Å². The summed E-state index contributed by atoms with van der Waals surface area (Å²) in [5.74, 6) is -0.297. The molecule has 9 heteroatoms. The number of nitrogens with zero attached hydrogens (tertiary/aromatic N) is 3. The first-order valence-electron chi connectivity index (χ1n) is 8.01. The summed E-state index contributed by atoms with van der Waals surface area (Å²) in [6.45, 7) is 3.75. The molecule has 0 atom stereocenters. The van der Waals surface area contributed by atoms with E-state index in [4.69, 9.17) is 0 Å². The lowest BCUT2D eigenvalue weighted by Gasteiger charge is -2.34.